The molecular formula is C21H29ClN2O6. The van der Waals surface area contributed by atoms with Gasteiger partial charge >= 0.3 is 12.1 Å². The van der Waals surface area contributed by atoms with Crippen LogP contribution in [0, 0.1) is 21.4 Å². The number of carbonyl (C=O) groups is 2. The Morgan fingerprint density at radius 1 is 1.30 bits per heavy atom. The molecule has 1 aliphatic rings. The summed E-state index contributed by atoms with van der Waals surface area (Å²) in [5.74, 6) is -1.50. The highest BCUT2D eigenvalue weighted by atomic mass is 35.5. The summed E-state index contributed by atoms with van der Waals surface area (Å²) in [7, 11) is 0. The second-order valence-electron chi connectivity index (χ2n) is 8.70. The number of esters is 1. The van der Waals surface area contributed by atoms with E-state index in [1.807, 2.05) is 20.8 Å². The van der Waals surface area contributed by atoms with Crippen molar-refractivity contribution in [1.29, 1.82) is 0 Å². The number of likely N-dealkylation sites (tertiary alicyclic amines) is 1. The Labute approximate surface area is 181 Å². The Morgan fingerprint density at radius 3 is 2.40 bits per heavy atom. The van der Waals surface area contributed by atoms with Crippen LogP contribution in [0.4, 0.5) is 4.79 Å². The lowest BCUT2D eigenvalue weighted by molar-refractivity contribution is -0.536. The maximum absolute atomic E-state index is 13.1. The van der Waals surface area contributed by atoms with Gasteiger partial charge in [0.25, 0.3) is 0 Å². The van der Waals surface area contributed by atoms with Gasteiger partial charge in [-0.1, -0.05) is 44.5 Å². The molecular weight excluding hydrogens is 412 g/mol. The van der Waals surface area contributed by atoms with Gasteiger partial charge in [-0.3, -0.25) is 15.0 Å². The molecule has 1 aromatic carbocycles. The molecule has 8 nitrogen and oxygen atoms in total. The molecule has 0 N–H and O–H groups in total. The van der Waals surface area contributed by atoms with Crippen LogP contribution in [-0.2, 0) is 14.3 Å². The zero-order valence-corrected chi connectivity index (χ0v) is 18.9. The third-order valence-electron chi connectivity index (χ3n) is 5.14. The zero-order valence-electron chi connectivity index (χ0n) is 18.1. The van der Waals surface area contributed by atoms with E-state index in [4.69, 9.17) is 21.1 Å². The van der Waals surface area contributed by atoms with Crippen LogP contribution in [0.2, 0.25) is 5.02 Å². The van der Waals surface area contributed by atoms with Crippen molar-refractivity contribution < 1.29 is 24.0 Å². The van der Waals surface area contributed by atoms with Crippen molar-refractivity contribution in [1.82, 2.24) is 4.90 Å². The number of carbonyl (C=O) groups excluding carboxylic acids is 2. The van der Waals surface area contributed by atoms with Gasteiger partial charge in [-0.15, -0.1) is 0 Å². The monoisotopic (exact) mass is 440 g/mol. The molecule has 0 aliphatic carbocycles. The minimum Gasteiger partial charge on any atom is -0.464 e. The number of hydrogen-bond acceptors (Lipinski definition) is 6. The van der Waals surface area contributed by atoms with Crippen LogP contribution in [0.1, 0.15) is 53.1 Å². The summed E-state index contributed by atoms with van der Waals surface area (Å²) in [5.41, 5.74) is -0.218. The molecule has 4 atom stereocenters. The summed E-state index contributed by atoms with van der Waals surface area (Å²) < 4.78 is 10.6. The van der Waals surface area contributed by atoms with E-state index in [1.54, 1.807) is 45.0 Å². The van der Waals surface area contributed by atoms with E-state index in [9.17, 15) is 19.7 Å². The molecule has 1 saturated heterocycles. The summed E-state index contributed by atoms with van der Waals surface area (Å²) in [6.07, 6.45) is -1.27. The molecule has 0 unspecified atom stereocenters. The van der Waals surface area contributed by atoms with Crippen LogP contribution in [0.25, 0.3) is 0 Å². The van der Waals surface area contributed by atoms with E-state index >= 15 is 0 Å². The summed E-state index contributed by atoms with van der Waals surface area (Å²) >= 11 is 6.14. The van der Waals surface area contributed by atoms with E-state index < -0.39 is 52.5 Å². The average Bonchev–Trinajstić information content (AvgIpc) is 2.98. The molecule has 0 aromatic heterocycles. The van der Waals surface area contributed by atoms with E-state index in [-0.39, 0.29) is 6.61 Å². The Bertz CT molecular complexity index is 807. The molecule has 1 aliphatic heterocycles. The second kappa shape index (κ2) is 9.20. The molecule has 1 amide bonds. The van der Waals surface area contributed by atoms with Crippen molar-refractivity contribution in [3.63, 3.8) is 0 Å². The quantitative estimate of drug-likeness (QED) is 0.380. The predicted octanol–water partition coefficient (Wildman–Crippen LogP) is 4.48. The lowest BCUT2D eigenvalue weighted by atomic mass is 9.73. The molecule has 1 heterocycles. The first kappa shape index (κ1) is 23.9. The molecule has 1 fully saturated rings. The fourth-order valence-electron chi connectivity index (χ4n) is 4.15. The molecule has 1 aromatic rings. The maximum Gasteiger partial charge on any atom is 0.411 e. The van der Waals surface area contributed by atoms with E-state index in [0.29, 0.717) is 10.6 Å². The van der Waals surface area contributed by atoms with Crippen molar-refractivity contribution in [2.45, 2.75) is 65.8 Å². The largest absolute Gasteiger partial charge is 0.464 e. The number of nitro groups is 1. The lowest BCUT2D eigenvalue weighted by Gasteiger charge is -2.33. The minimum atomic E-state index is -1.25. The number of ether oxygens (including phenoxy) is 2. The standard InChI is InChI=1S/C21H29ClN2O6/c1-7-29-19(25)18-15(21(4,5)6)17(24(27)28)16(13-9-8-10-14(22)11-13)23(18)20(26)30-12(2)3/h8-12,15-18H,7H2,1-6H3/t15-,16-,17-,18-/m0/s1. The molecule has 166 valence electrons. The topological polar surface area (TPSA) is 99.0 Å². The number of halogens is 1. The van der Waals surface area contributed by atoms with Gasteiger partial charge in [0.1, 0.15) is 12.1 Å². The third kappa shape index (κ3) is 4.86. The smallest absolute Gasteiger partial charge is 0.411 e. The van der Waals surface area contributed by atoms with E-state index in [2.05, 4.69) is 0 Å². The molecule has 0 spiro atoms. The average molecular weight is 441 g/mol. The van der Waals surface area contributed by atoms with E-state index in [1.165, 1.54) is 4.90 Å². The summed E-state index contributed by atoms with van der Waals surface area (Å²) in [5, 5.41) is 12.7. The third-order valence-corrected chi connectivity index (χ3v) is 5.38. The van der Waals surface area contributed by atoms with Crippen molar-refractivity contribution in [3.8, 4) is 0 Å². The van der Waals surface area contributed by atoms with Crippen LogP contribution in [0.5, 0.6) is 0 Å². The predicted molar refractivity (Wildman–Crippen MR) is 112 cm³/mol. The first-order valence-corrected chi connectivity index (χ1v) is 10.3. The molecule has 9 heteroatoms. The molecule has 0 bridgehead atoms. The van der Waals surface area contributed by atoms with Crippen molar-refractivity contribution in [2.24, 2.45) is 11.3 Å². The van der Waals surface area contributed by atoms with Crippen LogP contribution < -0.4 is 0 Å². The Morgan fingerprint density at radius 2 is 1.93 bits per heavy atom. The van der Waals surface area contributed by atoms with Crippen molar-refractivity contribution >= 4 is 23.7 Å². The number of hydrogen-bond donors (Lipinski definition) is 0. The number of benzene rings is 1. The van der Waals surface area contributed by atoms with Gasteiger partial charge in [0, 0.05) is 9.95 Å². The van der Waals surface area contributed by atoms with Gasteiger partial charge in [0.15, 0.2) is 0 Å². The van der Waals surface area contributed by atoms with Gasteiger partial charge in [0.05, 0.1) is 18.6 Å². The highest BCUT2D eigenvalue weighted by Gasteiger charge is 2.64. The van der Waals surface area contributed by atoms with Crippen LogP contribution in [0.3, 0.4) is 0 Å². The molecule has 30 heavy (non-hydrogen) atoms. The van der Waals surface area contributed by atoms with Gasteiger partial charge in [-0.2, -0.15) is 0 Å². The summed E-state index contributed by atoms with van der Waals surface area (Å²) in [6.45, 7) is 10.5. The SMILES string of the molecule is CCOC(=O)[C@@H]1[C@@H](C(C)(C)C)[C@H]([N+](=O)[O-])[C@H](c2cccc(Cl)c2)N1C(=O)OC(C)C. The van der Waals surface area contributed by atoms with Crippen molar-refractivity contribution in [2.75, 3.05) is 6.61 Å². The normalized spacial score (nSPS) is 24.1. The second-order valence-corrected chi connectivity index (χ2v) is 9.14. The van der Waals surface area contributed by atoms with Crippen LogP contribution >= 0.6 is 11.6 Å². The van der Waals surface area contributed by atoms with Gasteiger partial charge in [-0.05, 0) is 43.9 Å². The fourth-order valence-corrected chi connectivity index (χ4v) is 4.35. The van der Waals surface area contributed by atoms with Gasteiger partial charge < -0.3 is 9.47 Å². The van der Waals surface area contributed by atoms with Crippen LogP contribution in [-0.4, -0.2) is 46.7 Å². The first-order valence-electron chi connectivity index (χ1n) is 9.94. The van der Waals surface area contributed by atoms with Crippen molar-refractivity contribution in [3.05, 3.63) is 45.0 Å². The molecule has 2 rings (SSSR count). The lowest BCUT2D eigenvalue weighted by Crippen LogP contribution is -2.48. The zero-order chi connectivity index (χ0) is 22.8. The Balaban J connectivity index is 2.76. The maximum atomic E-state index is 13.1. The summed E-state index contributed by atoms with van der Waals surface area (Å²) in [6, 6.07) is 3.07. The highest BCUT2D eigenvalue weighted by Crippen LogP contribution is 2.49. The minimum absolute atomic E-state index is 0.0875. The number of rotatable bonds is 5. The van der Waals surface area contributed by atoms with Crippen LogP contribution in [0.15, 0.2) is 24.3 Å². The Hall–Kier alpha value is -2.35. The Kier molecular flexibility index (Phi) is 7.34. The molecule has 0 radical (unpaired) electrons. The van der Waals surface area contributed by atoms with E-state index in [0.717, 1.165) is 0 Å². The number of amides is 1. The van der Waals surface area contributed by atoms with Gasteiger partial charge in [0.2, 0.25) is 6.04 Å². The fraction of sp³-hybridized carbons (Fsp3) is 0.619. The van der Waals surface area contributed by atoms with Gasteiger partial charge in [-0.25, -0.2) is 9.59 Å². The highest BCUT2D eigenvalue weighted by molar-refractivity contribution is 6.30. The summed E-state index contributed by atoms with van der Waals surface area (Å²) in [4.78, 5) is 39.2. The molecule has 0 saturated carbocycles. The number of nitrogens with zero attached hydrogens (tertiary/aromatic N) is 2. The first-order chi connectivity index (χ1) is 13.9.